The molecule has 1 heterocycles. The Bertz CT molecular complexity index is 991. The molecule has 2 aromatic carbocycles. The summed E-state index contributed by atoms with van der Waals surface area (Å²) in [5.41, 5.74) is 0.0724. The SMILES string of the molecule is O=C1COc2ccc(C(=O)NS(=O)(=O)c3cc(F)ccc3F)cc2N1. The summed E-state index contributed by atoms with van der Waals surface area (Å²) in [7, 11) is -4.63. The average Bonchev–Trinajstić information content (AvgIpc) is 2.55. The second-order valence-corrected chi connectivity index (χ2v) is 6.71. The first-order valence-corrected chi connectivity index (χ1v) is 8.33. The Balaban J connectivity index is 1.88. The van der Waals surface area contributed by atoms with Crippen molar-refractivity contribution in [3.8, 4) is 5.75 Å². The van der Waals surface area contributed by atoms with Crippen LogP contribution in [-0.2, 0) is 14.8 Å². The van der Waals surface area contributed by atoms with Crippen LogP contribution in [0.25, 0.3) is 0 Å². The summed E-state index contributed by atoms with van der Waals surface area (Å²) in [5, 5.41) is 2.46. The maximum Gasteiger partial charge on any atom is 0.267 e. The minimum absolute atomic E-state index is 0.120. The number of amides is 2. The predicted molar refractivity (Wildman–Crippen MR) is 81.6 cm³/mol. The number of carbonyl (C=O) groups excluding carboxylic acids is 2. The van der Waals surface area contributed by atoms with Gasteiger partial charge in [-0.25, -0.2) is 21.9 Å². The Hall–Kier alpha value is -3.01. The van der Waals surface area contributed by atoms with Gasteiger partial charge in [0.15, 0.2) is 6.61 Å². The van der Waals surface area contributed by atoms with E-state index < -0.39 is 38.4 Å². The monoisotopic (exact) mass is 368 g/mol. The molecule has 25 heavy (non-hydrogen) atoms. The summed E-state index contributed by atoms with van der Waals surface area (Å²) in [5.74, 6) is -3.36. The van der Waals surface area contributed by atoms with Gasteiger partial charge < -0.3 is 10.1 Å². The molecule has 0 fully saturated rings. The standard InChI is InChI=1S/C15H10F2N2O5S/c16-9-2-3-10(17)13(6-9)25(22,23)19-15(21)8-1-4-12-11(5-8)18-14(20)7-24-12/h1-6H,7H2,(H,18,20)(H,19,21). The van der Waals surface area contributed by atoms with Gasteiger partial charge in [-0.05, 0) is 36.4 Å². The van der Waals surface area contributed by atoms with E-state index in [-0.39, 0.29) is 17.9 Å². The summed E-state index contributed by atoms with van der Waals surface area (Å²) in [4.78, 5) is 22.4. The fourth-order valence-electron chi connectivity index (χ4n) is 2.14. The lowest BCUT2D eigenvalue weighted by Gasteiger charge is -2.18. The number of nitrogens with one attached hydrogen (secondary N) is 2. The van der Waals surface area contributed by atoms with Crippen molar-refractivity contribution in [3.63, 3.8) is 0 Å². The summed E-state index contributed by atoms with van der Waals surface area (Å²) in [6.45, 7) is -0.175. The van der Waals surface area contributed by atoms with E-state index in [1.165, 1.54) is 18.2 Å². The van der Waals surface area contributed by atoms with E-state index in [4.69, 9.17) is 4.74 Å². The van der Waals surface area contributed by atoms with Gasteiger partial charge in [0.25, 0.3) is 21.8 Å². The third kappa shape index (κ3) is 3.43. The van der Waals surface area contributed by atoms with E-state index in [1.54, 1.807) is 4.72 Å². The van der Waals surface area contributed by atoms with Gasteiger partial charge in [0, 0.05) is 5.56 Å². The van der Waals surface area contributed by atoms with Crippen LogP contribution < -0.4 is 14.8 Å². The zero-order chi connectivity index (χ0) is 18.2. The van der Waals surface area contributed by atoms with Crippen LogP contribution in [0.5, 0.6) is 5.75 Å². The molecule has 3 rings (SSSR count). The fourth-order valence-corrected chi connectivity index (χ4v) is 3.21. The third-order valence-corrected chi connectivity index (χ3v) is 4.63. The number of sulfonamides is 1. The summed E-state index contributed by atoms with van der Waals surface area (Å²) < 4.78 is 57.7. The number of rotatable bonds is 3. The molecule has 0 bridgehead atoms. The van der Waals surface area contributed by atoms with Gasteiger partial charge in [0.2, 0.25) is 0 Å². The molecule has 2 amide bonds. The largest absolute Gasteiger partial charge is 0.482 e. The van der Waals surface area contributed by atoms with Gasteiger partial charge in [0.1, 0.15) is 22.3 Å². The maximum atomic E-state index is 13.6. The molecule has 1 aliphatic heterocycles. The molecular weight excluding hydrogens is 358 g/mol. The van der Waals surface area contributed by atoms with Gasteiger partial charge in [-0.2, -0.15) is 0 Å². The van der Waals surface area contributed by atoms with Gasteiger partial charge in [-0.15, -0.1) is 0 Å². The van der Waals surface area contributed by atoms with Crippen molar-refractivity contribution in [3.05, 3.63) is 53.6 Å². The van der Waals surface area contributed by atoms with E-state index in [1.807, 2.05) is 0 Å². The Morgan fingerprint density at radius 3 is 2.68 bits per heavy atom. The van der Waals surface area contributed by atoms with Crippen LogP contribution in [0.15, 0.2) is 41.3 Å². The summed E-state index contributed by atoms with van der Waals surface area (Å²) >= 11 is 0. The molecule has 0 aliphatic carbocycles. The van der Waals surface area contributed by atoms with Gasteiger partial charge in [0.05, 0.1) is 5.69 Å². The lowest BCUT2D eigenvalue weighted by atomic mass is 10.1. The first kappa shape index (κ1) is 16.8. The molecule has 0 saturated heterocycles. The zero-order valence-electron chi connectivity index (χ0n) is 12.4. The summed E-state index contributed by atoms with van der Waals surface area (Å²) in [6.07, 6.45) is 0. The maximum absolute atomic E-state index is 13.6. The van der Waals surface area contributed by atoms with Crippen LogP contribution in [0.4, 0.5) is 14.5 Å². The van der Waals surface area contributed by atoms with Crippen molar-refractivity contribution in [1.82, 2.24) is 4.72 Å². The van der Waals surface area contributed by atoms with E-state index >= 15 is 0 Å². The topological polar surface area (TPSA) is 102 Å². The molecule has 0 saturated carbocycles. The lowest BCUT2D eigenvalue weighted by Crippen LogP contribution is -2.31. The quantitative estimate of drug-likeness (QED) is 0.853. The highest BCUT2D eigenvalue weighted by molar-refractivity contribution is 7.90. The van der Waals surface area contributed by atoms with Crippen LogP contribution in [0.3, 0.4) is 0 Å². The molecule has 0 atom stereocenters. The van der Waals surface area contributed by atoms with Gasteiger partial charge in [-0.1, -0.05) is 0 Å². The van der Waals surface area contributed by atoms with E-state index in [0.717, 1.165) is 6.07 Å². The summed E-state index contributed by atoms with van der Waals surface area (Å²) in [6, 6.07) is 5.70. The first-order valence-electron chi connectivity index (χ1n) is 6.85. The molecule has 2 N–H and O–H groups in total. The number of fused-ring (bicyclic) bond motifs is 1. The van der Waals surface area contributed by atoms with Crippen LogP contribution in [0.2, 0.25) is 0 Å². The molecule has 0 radical (unpaired) electrons. The number of carbonyl (C=O) groups is 2. The molecule has 0 spiro atoms. The van der Waals surface area contributed by atoms with E-state index in [0.29, 0.717) is 17.9 Å². The number of hydrogen-bond acceptors (Lipinski definition) is 5. The van der Waals surface area contributed by atoms with Crippen LogP contribution in [-0.4, -0.2) is 26.8 Å². The first-order chi connectivity index (χ1) is 11.8. The average molecular weight is 368 g/mol. The Morgan fingerprint density at radius 2 is 1.92 bits per heavy atom. The Labute approximate surface area is 140 Å². The van der Waals surface area contributed by atoms with Crippen molar-refractivity contribution in [1.29, 1.82) is 0 Å². The lowest BCUT2D eigenvalue weighted by molar-refractivity contribution is -0.118. The van der Waals surface area contributed by atoms with Gasteiger partial charge in [-0.3, -0.25) is 9.59 Å². The number of benzene rings is 2. The second kappa shape index (κ2) is 6.13. The number of hydrogen-bond donors (Lipinski definition) is 2. The minimum Gasteiger partial charge on any atom is -0.482 e. The zero-order valence-corrected chi connectivity index (χ0v) is 13.2. The smallest absolute Gasteiger partial charge is 0.267 e. The number of ether oxygens (including phenoxy) is 1. The predicted octanol–water partition coefficient (Wildman–Crippen LogP) is 1.41. The highest BCUT2D eigenvalue weighted by Gasteiger charge is 2.24. The molecule has 0 unspecified atom stereocenters. The normalized spacial score (nSPS) is 13.4. The van der Waals surface area contributed by atoms with Crippen LogP contribution >= 0.6 is 0 Å². The van der Waals surface area contributed by atoms with E-state index in [2.05, 4.69) is 5.32 Å². The Morgan fingerprint density at radius 1 is 1.16 bits per heavy atom. The van der Waals surface area contributed by atoms with Gasteiger partial charge >= 0.3 is 0 Å². The van der Waals surface area contributed by atoms with Crippen molar-refractivity contribution in [2.24, 2.45) is 0 Å². The minimum atomic E-state index is -4.63. The highest BCUT2D eigenvalue weighted by atomic mass is 32.2. The highest BCUT2D eigenvalue weighted by Crippen LogP contribution is 2.28. The van der Waals surface area contributed by atoms with E-state index in [9.17, 15) is 26.8 Å². The molecule has 2 aromatic rings. The van der Waals surface area contributed by atoms with Crippen LogP contribution in [0, 0.1) is 11.6 Å². The molecule has 130 valence electrons. The molecule has 7 nitrogen and oxygen atoms in total. The number of halogens is 2. The van der Waals surface area contributed by atoms with Crippen molar-refractivity contribution in [2.45, 2.75) is 4.90 Å². The molecule has 0 aromatic heterocycles. The second-order valence-electron chi connectivity index (χ2n) is 5.06. The number of anilines is 1. The van der Waals surface area contributed by atoms with Crippen molar-refractivity contribution >= 4 is 27.5 Å². The molecule has 1 aliphatic rings. The molecular formula is C15H10F2N2O5S. The van der Waals surface area contributed by atoms with Crippen molar-refractivity contribution in [2.75, 3.05) is 11.9 Å². The van der Waals surface area contributed by atoms with Crippen molar-refractivity contribution < 1.29 is 31.5 Å². The Kier molecular flexibility index (Phi) is 4.13. The third-order valence-electron chi connectivity index (χ3n) is 3.28. The fraction of sp³-hybridized carbons (Fsp3) is 0.0667. The molecule has 10 heteroatoms. The van der Waals surface area contributed by atoms with Crippen LogP contribution in [0.1, 0.15) is 10.4 Å².